The Labute approximate surface area is 211 Å². The van der Waals surface area contributed by atoms with Gasteiger partial charge in [0.25, 0.3) is 5.91 Å². The van der Waals surface area contributed by atoms with E-state index in [2.05, 4.69) is 10.6 Å². The number of carbonyl (C=O) groups is 3. The van der Waals surface area contributed by atoms with E-state index < -0.39 is 16.8 Å². The number of para-hydroxylation sites is 1. The van der Waals surface area contributed by atoms with Crippen molar-refractivity contribution in [3.63, 3.8) is 0 Å². The van der Waals surface area contributed by atoms with Gasteiger partial charge in [0.15, 0.2) is 0 Å². The second kappa shape index (κ2) is 9.93. The van der Waals surface area contributed by atoms with E-state index in [4.69, 9.17) is 4.74 Å². The minimum Gasteiger partial charge on any atom is -0.496 e. The van der Waals surface area contributed by atoms with E-state index in [9.17, 15) is 14.4 Å². The summed E-state index contributed by atoms with van der Waals surface area (Å²) < 4.78 is 4.87. The Morgan fingerprint density at radius 2 is 1.80 bits per heavy atom. The predicted molar refractivity (Wildman–Crippen MR) is 137 cm³/mol. The Kier molecular flexibility index (Phi) is 7.12. The van der Waals surface area contributed by atoms with E-state index in [1.807, 2.05) is 76.2 Å². The summed E-state index contributed by atoms with van der Waals surface area (Å²) in [5.41, 5.74) is 2.44. The molecule has 1 fully saturated rings. The third kappa shape index (κ3) is 4.89. The Morgan fingerprint density at radius 1 is 1.11 bits per heavy atom. The van der Waals surface area contributed by atoms with Crippen molar-refractivity contribution >= 4 is 29.5 Å². The van der Waals surface area contributed by atoms with Crippen LogP contribution in [0, 0.1) is 5.92 Å². The minimum atomic E-state index is -0.711. The molecule has 0 bridgehead atoms. The van der Waals surface area contributed by atoms with Crippen molar-refractivity contribution in [3.05, 3.63) is 65.2 Å². The van der Waals surface area contributed by atoms with E-state index in [-0.39, 0.29) is 29.0 Å². The number of methoxy groups -OCH3 is 1. The van der Waals surface area contributed by atoms with E-state index >= 15 is 0 Å². The molecule has 2 aliphatic heterocycles. The number of hydrogen-bond acceptors (Lipinski definition) is 5. The lowest BCUT2D eigenvalue weighted by atomic mass is 9.98. The lowest BCUT2D eigenvalue weighted by Gasteiger charge is -2.31. The fraction of sp³-hybridized carbons (Fsp3) is 0.444. The van der Waals surface area contributed by atoms with Crippen molar-refractivity contribution in [2.45, 2.75) is 62.9 Å². The van der Waals surface area contributed by atoms with Crippen LogP contribution < -0.4 is 15.4 Å². The van der Waals surface area contributed by atoms with Crippen LogP contribution in [0.4, 0.5) is 0 Å². The molecule has 2 aliphatic rings. The predicted octanol–water partition coefficient (Wildman–Crippen LogP) is 3.89. The topological polar surface area (TPSA) is 87.7 Å². The molecule has 4 rings (SSSR count). The van der Waals surface area contributed by atoms with Crippen molar-refractivity contribution < 1.29 is 19.1 Å². The van der Waals surface area contributed by atoms with Gasteiger partial charge < -0.3 is 20.3 Å². The molecule has 3 atom stereocenters. The summed E-state index contributed by atoms with van der Waals surface area (Å²) in [7, 11) is 1.59. The van der Waals surface area contributed by atoms with E-state index in [0.717, 1.165) is 11.1 Å². The van der Waals surface area contributed by atoms with Gasteiger partial charge in [-0.2, -0.15) is 0 Å². The van der Waals surface area contributed by atoms with Crippen LogP contribution in [0.2, 0.25) is 0 Å². The van der Waals surface area contributed by atoms with Gasteiger partial charge in [0.1, 0.15) is 23.2 Å². The second-order valence-electron chi connectivity index (χ2n) is 10.00. The number of nitrogens with zero attached hydrogens (tertiary/aromatic N) is 1. The number of rotatable bonds is 8. The van der Waals surface area contributed by atoms with Gasteiger partial charge in [-0.25, -0.2) is 0 Å². The van der Waals surface area contributed by atoms with Crippen molar-refractivity contribution in [2.75, 3.05) is 7.11 Å². The third-order valence-electron chi connectivity index (χ3n) is 6.53. The first kappa shape index (κ1) is 25.1. The molecule has 0 spiro atoms. The first-order valence-corrected chi connectivity index (χ1v) is 12.8. The normalized spacial score (nSPS) is 20.9. The lowest BCUT2D eigenvalue weighted by Crippen LogP contribution is -2.57. The molecule has 2 aromatic rings. The standard InChI is InChI=1S/C27H33N3O4S/c1-16(2)14-20(23(31)28-15-17-10-6-9-13-21(17)34-5)29-24(32)22-27(3,4)35-26-19-12-8-7-11-18(19)25(33)30(22)26/h6-13,16,20,22,26H,14-15H2,1-5H3,(H,28,31)(H,29,32)/t20-,22-,26-/m0/s1. The zero-order valence-electron chi connectivity index (χ0n) is 20.8. The maximum absolute atomic E-state index is 13.7. The molecule has 0 aromatic heterocycles. The van der Waals surface area contributed by atoms with Gasteiger partial charge in [0, 0.05) is 22.4 Å². The summed E-state index contributed by atoms with van der Waals surface area (Å²) in [5.74, 6) is 0.192. The number of fused-ring (bicyclic) bond motifs is 3. The number of nitrogens with one attached hydrogen (secondary N) is 2. The molecule has 0 aliphatic carbocycles. The molecule has 1 saturated heterocycles. The highest BCUT2D eigenvalue weighted by atomic mass is 32.2. The summed E-state index contributed by atoms with van der Waals surface area (Å²) in [6, 6.07) is 13.6. The highest BCUT2D eigenvalue weighted by molar-refractivity contribution is 8.01. The number of carbonyl (C=O) groups excluding carboxylic acids is 3. The maximum Gasteiger partial charge on any atom is 0.256 e. The van der Waals surface area contributed by atoms with Crippen LogP contribution >= 0.6 is 11.8 Å². The Bertz CT molecular complexity index is 1130. The molecule has 0 radical (unpaired) electrons. The summed E-state index contributed by atoms with van der Waals surface area (Å²) in [6.07, 6.45) is 0.487. The summed E-state index contributed by atoms with van der Waals surface area (Å²) in [5, 5.41) is 5.73. The fourth-order valence-electron chi connectivity index (χ4n) is 4.91. The first-order valence-electron chi connectivity index (χ1n) is 11.9. The lowest BCUT2D eigenvalue weighted by molar-refractivity contribution is -0.132. The molecule has 186 valence electrons. The Hall–Kier alpha value is -3.00. The average molecular weight is 496 g/mol. The number of thioether (sulfide) groups is 1. The van der Waals surface area contributed by atoms with Crippen LogP contribution in [-0.4, -0.2) is 46.6 Å². The van der Waals surface area contributed by atoms with Gasteiger partial charge >= 0.3 is 0 Å². The summed E-state index contributed by atoms with van der Waals surface area (Å²) in [4.78, 5) is 41.8. The molecule has 2 aromatic carbocycles. The summed E-state index contributed by atoms with van der Waals surface area (Å²) in [6.45, 7) is 8.28. The number of ether oxygens (including phenoxy) is 1. The van der Waals surface area contributed by atoms with Gasteiger partial charge in [-0.05, 0) is 43.9 Å². The Balaban J connectivity index is 1.51. The fourth-order valence-corrected chi connectivity index (χ4v) is 6.50. The van der Waals surface area contributed by atoms with Crippen molar-refractivity contribution in [3.8, 4) is 5.75 Å². The summed E-state index contributed by atoms with van der Waals surface area (Å²) >= 11 is 1.61. The van der Waals surface area contributed by atoms with Gasteiger partial charge in [-0.15, -0.1) is 11.8 Å². The van der Waals surface area contributed by atoms with Gasteiger partial charge in [0.05, 0.1) is 7.11 Å². The molecule has 0 unspecified atom stereocenters. The van der Waals surface area contributed by atoms with Gasteiger partial charge in [0.2, 0.25) is 11.8 Å². The maximum atomic E-state index is 13.7. The van der Waals surface area contributed by atoms with Crippen LogP contribution in [0.25, 0.3) is 0 Å². The van der Waals surface area contributed by atoms with Gasteiger partial charge in [-0.1, -0.05) is 50.2 Å². The Morgan fingerprint density at radius 3 is 2.51 bits per heavy atom. The van der Waals surface area contributed by atoms with Crippen molar-refractivity contribution in [2.24, 2.45) is 5.92 Å². The second-order valence-corrected chi connectivity index (χ2v) is 11.7. The zero-order valence-corrected chi connectivity index (χ0v) is 21.6. The zero-order chi connectivity index (χ0) is 25.3. The third-order valence-corrected chi connectivity index (χ3v) is 8.07. The highest BCUT2D eigenvalue weighted by Gasteiger charge is 2.57. The highest BCUT2D eigenvalue weighted by Crippen LogP contribution is 2.56. The SMILES string of the molecule is COc1ccccc1CNC(=O)[C@H](CC(C)C)NC(=O)[C@@H]1N2C(=O)c3ccccc3[C@@H]2SC1(C)C. The van der Waals surface area contributed by atoms with E-state index in [1.54, 1.807) is 23.8 Å². The molecule has 7 nitrogen and oxygen atoms in total. The van der Waals surface area contributed by atoms with Crippen LogP contribution in [0.3, 0.4) is 0 Å². The number of amides is 3. The molecule has 0 saturated carbocycles. The van der Waals surface area contributed by atoms with E-state index in [0.29, 0.717) is 24.3 Å². The molecular formula is C27H33N3O4S. The monoisotopic (exact) mass is 495 g/mol. The van der Waals surface area contributed by atoms with Crippen LogP contribution in [0.15, 0.2) is 48.5 Å². The smallest absolute Gasteiger partial charge is 0.256 e. The van der Waals surface area contributed by atoms with Crippen molar-refractivity contribution in [1.82, 2.24) is 15.5 Å². The molecule has 2 N–H and O–H groups in total. The largest absolute Gasteiger partial charge is 0.496 e. The minimum absolute atomic E-state index is 0.134. The molecule has 35 heavy (non-hydrogen) atoms. The van der Waals surface area contributed by atoms with Gasteiger partial charge in [-0.3, -0.25) is 14.4 Å². The average Bonchev–Trinajstić information content (AvgIpc) is 3.25. The molecule has 8 heteroatoms. The quantitative estimate of drug-likeness (QED) is 0.580. The van der Waals surface area contributed by atoms with E-state index in [1.165, 1.54) is 0 Å². The number of hydrogen-bond donors (Lipinski definition) is 2. The molecular weight excluding hydrogens is 462 g/mol. The molecule has 3 amide bonds. The van der Waals surface area contributed by atoms with Crippen molar-refractivity contribution in [1.29, 1.82) is 0 Å². The first-order chi connectivity index (χ1) is 16.6. The number of benzene rings is 2. The van der Waals surface area contributed by atoms with Crippen LogP contribution in [-0.2, 0) is 16.1 Å². The molecule has 2 heterocycles. The van der Waals surface area contributed by atoms with Crippen LogP contribution in [0.5, 0.6) is 5.75 Å². The van der Waals surface area contributed by atoms with Crippen LogP contribution in [0.1, 0.15) is 61.0 Å².